The third kappa shape index (κ3) is 19.7. The van der Waals surface area contributed by atoms with Crippen molar-refractivity contribution in [1.29, 1.82) is 0 Å². The van der Waals surface area contributed by atoms with Gasteiger partial charge in [-0.2, -0.15) is 0 Å². The predicted molar refractivity (Wildman–Crippen MR) is 0 cm³/mol. The summed E-state index contributed by atoms with van der Waals surface area (Å²) < 4.78 is 0. The maximum atomic E-state index is 0. The molecule has 0 amide bonds. The normalized spacial score (nSPS) is 0. The molecule has 0 heterocycles. The molecule has 1 radical (unpaired) electrons. The van der Waals surface area contributed by atoms with Crippen molar-refractivity contribution in [3.05, 3.63) is 0 Å². The summed E-state index contributed by atoms with van der Waals surface area (Å²) >= 11 is 0. The van der Waals surface area contributed by atoms with Crippen LogP contribution in [-0.4, -0.2) is 0 Å². The molecule has 0 aromatic carbocycles. The van der Waals surface area contributed by atoms with E-state index in [2.05, 4.69) is 0 Å². The summed E-state index contributed by atoms with van der Waals surface area (Å²) in [5, 5.41) is 0. The quantitative estimate of drug-likeness (QED) is 0.446. The van der Waals surface area contributed by atoms with Crippen molar-refractivity contribution >= 4 is 0 Å². The van der Waals surface area contributed by atoms with Gasteiger partial charge < -0.3 is 0 Å². The summed E-state index contributed by atoms with van der Waals surface area (Å²) in [6, 6.07) is 0. The van der Waals surface area contributed by atoms with E-state index in [0.29, 0.717) is 0 Å². The summed E-state index contributed by atoms with van der Waals surface area (Å²) in [7, 11) is 0. The maximum Gasteiger partial charge on any atom is 0 e. The Bertz CT molecular complexity index is 11.6. The number of hydrogen-bond donors (Lipinski definition) is 0. The first-order valence-corrected chi connectivity index (χ1v) is 0. The van der Waals surface area contributed by atoms with Gasteiger partial charge in [0.05, 0.1) is 0 Å². The van der Waals surface area contributed by atoms with Crippen molar-refractivity contribution in [2.75, 3.05) is 0 Å². The molecular weight excluding hydrogens is 461 g/mol. The fourth-order valence-electron chi connectivity index (χ4n) is 0. The van der Waals surface area contributed by atoms with Gasteiger partial charge >= 0.3 is 0 Å². The van der Waals surface area contributed by atoms with Gasteiger partial charge in [0, 0.05) is 92.8 Å². The molecule has 0 aliphatic rings. The van der Waals surface area contributed by atoms with Gasteiger partial charge in [0.15, 0.2) is 0 Å². The molecule has 0 saturated heterocycles. The summed E-state index contributed by atoms with van der Waals surface area (Å²) in [6.45, 7) is 0. The van der Waals surface area contributed by atoms with E-state index in [1.54, 1.807) is 0 Å². The topological polar surface area (TPSA) is 0 Å². The molecule has 0 aliphatic heterocycles. The Hall–Kier alpha value is 2.91. The number of hydrogen-bond acceptors (Lipinski definition) is 0. The molecular formula is CoCrMoNiPt. The maximum absolute atomic E-state index is 0. The minimum Gasteiger partial charge on any atom is 0 e. The molecule has 0 saturated carbocycles. The van der Waals surface area contributed by atoms with Crippen molar-refractivity contribution in [3.63, 3.8) is 0 Å². The molecule has 0 aromatic rings. The van der Waals surface area contributed by atoms with E-state index < -0.39 is 0 Å². The first-order chi connectivity index (χ1) is 0. The molecule has 5 heavy (non-hydrogen) atoms. The second-order valence-electron chi connectivity index (χ2n) is 0. The van der Waals surface area contributed by atoms with E-state index in [9.17, 15) is 0 Å². The van der Waals surface area contributed by atoms with Gasteiger partial charge in [-0.05, 0) is 0 Å². The molecule has 0 spiro atoms. The van der Waals surface area contributed by atoms with E-state index in [-0.39, 0.29) is 92.8 Å². The van der Waals surface area contributed by atoms with E-state index in [1.165, 1.54) is 0 Å². The third-order valence-electron chi connectivity index (χ3n) is 0. The Kier molecular flexibility index (Phi) is 254. The first kappa shape index (κ1) is 44.6. The molecule has 0 aromatic heterocycles. The van der Waals surface area contributed by atoms with Gasteiger partial charge in [-0.25, -0.2) is 0 Å². The Morgan fingerprint density at radius 3 is 1.00 bits per heavy atom. The zero-order valence-electron chi connectivity index (χ0n) is 1.78. The summed E-state index contributed by atoms with van der Waals surface area (Å²) in [5.74, 6) is 0. The minimum absolute atomic E-state index is 0. The largest absolute Gasteiger partial charge is 0 e. The Balaban J connectivity index is 0. The van der Waals surface area contributed by atoms with Crippen LogP contribution in [0.5, 0.6) is 0 Å². The van der Waals surface area contributed by atoms with Crippen LogP contribution in [0.2, 0.25) is 0 Å². The summed E-state index contributed by atoms with van der Waals surface area (Å²) in [5.41, 5.74) is 0. The van der Waals surface area contributed by atoms with E-state index in [0.717, 1.165) is 0 Å². The molecule has 0 fully saturated rings. The van der Waals surface area contributed by atoms with Crippen LogP contribution in [0.1, 0.15) is 0 Å². The van der Waals surface area contributed by atoms with Crippen molar-refractivity contribution in [1.82, 2.24) is 0 Å². The van der Waals surface area contributed by atoms with E-state index >= 15 is 0 Å². The van der Waals surface area contributed by atoms with Crippen LogP contribution < -0.4 is 0 Å². The fourth-order valence-corrected chi connectivity index (χ4v) is 0. The van der Waals surface area contributed by atoms with Gasteiger partial charge in [0.1, 0.15) is 0 Å². The smallest absolute Gasteiger partial charge is 0 e. The fraction of sp³-hybridized carbons (Fsp3) is 0. The third-order valence-corrected chi connectivity index (χ3v) is 0. The van der Waals surface area contributed by atoms with Crippen molar-refractivity contribution in [2.45, 2.75) is 0 Å². The molecule has 0 rings (SSSR count). The van der Waals surface area contributed by atoms with E-state index in [1.807, 2.05) is 0 Å². The zero-order valence-corrected chi connectivity index (χ0v) is 9.37. The van der Waals surface area contributed by atoms with Crippen LogP contribution >= 0.6 is 0 Å². The Morgan fingerprint density at radius 2 is 1.00 bits per heavy atom. The second kappa shape index (κ2) is 28.5. The zero-order chi connectivity index (χ0) is 0. The Labute approximate surface area is 91.4 Å². The van der Waals surface area contributed by atoms with Crippen LogP contribution in [0.25, 0.3) is 0 Å². The SMILES string of the molecule is [Co].[Cr].[Mo].[Ni].[Pt]. The van der Waals surface area contributed by atoms with Gasteiger partial charge in [-0.1, -0.05) is 0 Å². The van der Waals surface area contributed by atoms with Gasteiger partial charge in [0.2, 0.25) is 0 Å². The van der Waals surface area contributed by atoms with Crippen LogP contribution in [0.3, 0.4) is 0 Å². The van der Waals surface area contributed by atoms with Crippen molar-refractivity contribution in [2.24, 2.45) is 0 Å². The van der Waals surface area contributed by atoms with Crippen LogP contribution in [0, 0.1) is 0 Å². The number of rotatable bonds is 0. The molecule has 0 unspecified atom stereocenters. The average Bonchev–Trinajstić information content (AvgIpc) is 0. The minimum atomic E-state index is 0. The molecule has 5 heteroatoms. The van der Waals surface area contributed by atoms with E-state index in [4.69, 9.17) is 0 Å². The van der Waals surface area contributed by atoms with Crippen molar-refractivity contribution < 1.29 is 92.8 Å². The molecule has 0 nitrogen and oxygen atoms in total. The predicted octanol–water partition coefficient (Wildman–Crippen LogP) is -0.0125. The van der Waals surface area contributed by atoms with Crippen LogP contribution in [0.15, 0.2) is 0 Å². The molecule has 0 aliphatic carbocycles. The van der Waals surface area contributed by atoms with Crippen LogP contribution in [-0.2, 0) is 92.8 Å². The molecule has 0 N–H and O–H groups in total. The monoisotopic (exact) mass is 462 g/mol. The van der Waals surface area contributed by atoms with Gasteiger partial charge in [0.25, 0.3) is 0 Å². The summed E-state index contributed by atoms with van der Waals surface area (Å²) in [4.78, 5) is 0. The Morgan fingerprint density at radius 1 is 1.00 bits per heavy atom. The average molecular weight is 461 g/mol. The molecule has 41 valence electrons. The second-order valence-corrected chi connectivity index (χ2v) is 0. The van der Waals surface area contributed by atoms with Gasteiger partial charge in [-0.3, -0.25) is 0 Å². The molecule has 0 atom stereocenters. The van der Waals surface area contributed by atoms with Gasteiger partial charge in [-0.15, -0.1) is 0 Å². The van der Waals surface area contributed by atoms with Crippen molar-refractivity contribution in [3.8, 4) is 0 Å². The van der Waals surface area contributed by atoms with Crippen LogP contribution in [0.4, 0.5) is 0 Å². The molecule has 0 bridgehead atoms. The summed E-state index contributed by atoms with van der Waals surface area (Å²) in [6.07, 6.45) is 0. The standard InChI is InChI=1S/Co.Cr.Mo.Ni.Pt. The first-order valence-electron chi connectivity index (χ1n) is 0.